The number of nitrogens with one attached hydrogen (secondary N) is 1. The first-order valence-electron chi connectivity index (χ1n) is 12.1. The quantitative estimate of drug-likeness (QED) is 0.663. The molecule has 1 aliphatic carbocycles. The van der Waals surface area contributed by atoms with E-state index in [-0.39, 0.29) is 36.1 Å². The van der Waals surface area contributed by atoms with E-state index in [1.54, 1.807) is 24.1 Å². The Labute approximate surface area is 205 Å². The van der Waals surface area contributed by atoms with E-state index < -0.39 is 6.04 Å². The number of hydrogen-bond acceptors (Lipinski definition) is 4. The lowest BCUT2D eigenvalue weighted by molar-refractivity contribution is -0.127. The van der Waals surface area contributed by atoms with Crippen LogP contribution in [-0.4, -0.2) is 36.7 Å². The monoisotopic (exact) mass is 466 g/mol. The van der Waals surface area contributed by atoms with Gasteiger partial charge < -0.3 is 16.0 Å². The first-order valence-corrected chi connectivity index (χ1v) is 12.1. The SMILES string of the molecule is CN(C(=O)C1Cc2cccc(c2)C/C=C/C2=NC3C=CC=CC3C2CC(=O)N1)c1ccc(N)cc1. The molecule has 0 saturated carbocycles. The maximum Gasteiger partial charge on any atom is 0.249 e. The molecule has 0 fully saturated rings. The topological polar surface area (TPSA) is 87.8 Å². The van der Waals surface area contributed by atoms with Gasteiger partial charge in [0.15, 0.2) is 0 Å². The zero-order valence-electron chi connectivity index (χ0n) is 19.8. The molecule has 2 aliphatic heterocycles. The first kappa shape index (κ1) is 22.8. The Balaban J connectivity index is 1.45. The van der Waals surface area contributed by atoms with Crippen molar-refractivity contribution in [1.82, 2.24) is 5.32 Å². The summed E-state index contributed by atoms with van der Waals surface area (Å²) < 4.78 is 0. The zero-order chi connectivity index (χ0) is 24.4. The van der Waals surface area contributed by atoms with Crippen LogP contribution in [0, 0.1) is 11.8 Å². The highest BCUT2D eigenvalue weighted by atomic mass is 16.2. The number of carbonyl (C=O) groups is 2. The van der Waals surface area contributed by atoms with Crippen molar-refractivity contribution >= 4 is 28.9 Å². The number of fused-ring (bicyclic) bond motifs is 5. The summed E-state index contributed by atoms with van der Waals surface area (Å²) in [6.07, 6.45) is 14.0. The second-order valence-electron chi connectivity index (χ2n) is 9.44. The molecule has 4 unspecified atom stereocenters. The Kier molecular flexibility index (Phi) is 6.36. The van der Waals surface area contributed by atoms with Crippen molar-refractivity contribution in [2.45, 2.75) is 31.3 Å². The molecule has 4 atom stereocenters. The minimum Gasteiger partial charge on any atom is -0.399 e. The van der Waals surface area contributed by atoms with Crippen molar-refractivity contribution in [3.8, 4) is 0 Å². The molecule has 3 N–H and O–H groups in total. The lowest BCUT2D eigenvalue weighted by Gasteiger charge is -2.26. The van der Waals surface area contributed by atoms with Crippen LogP contribution in [0.5, 0.6) is 0 Å². The van der Waals surface area contributed by atoms with Gasteiger partial charge in [-0.25, -0.2) is 0 Å². The van der Waals surface area contributed by atoms with Crippen LogP contribution in [0.15, 0.2) is 90.0 Å². The lowest BCUT2D eigenvalue weighted by atomic mass is 9.82. The summed E-state index contributed by atoms with van der Waals surface area (Å²) >= 11 is 0. The Morgan fingerprint density at radius 1 is 1.06 bits per heavy atom. The molecule has 2 heterocycles. The average molecular weight is 467 g/mol. The molecule has 2 bridgehead atoms. The highest BCUT2D eigenvalue weighted by Gasteiger charge is 2.37. The lowest BCUT2D eigenvalue weighted by Crippen LogP contribution is -2.49. The fraction of sp³-hybridized carbons (Fsp3) is 0.276. The summed E-state index contributed by atoms with van der Waals surface area (Å²) in [5.41, 5.74) is 10.3. The molecular weight excluding hydrogens is 436 g/mol. The number of allylic oxidation sites excluding steroid dienone is 4. The van der Waals surface area contributed by atoms with Crippen molar-refractivity contribution in [3.63, 3.8) is 0 Å². The van der Waals surface area contributed by atoms with E-state index in [2.05, 4.69) is 41.8 Å². The summed E-state index contributed by atoms with van der Waals surface area (Å²) in [5, 5.41) is 3.06. The number of nitrogens with two attached hydrogens (primary N) is 1. The number of nitrogens with zero attached hydrogens (tertiary/aromatic N) is 2. The van der Waals surface area contributed by atoms with E-state index >= 15 is 0 Å². The van der Waals surface area contributed by atoms with Gasteiger partial charge >= 0.3 is 0 Å². The number of carbonyl (C=O) groups excluding carboxylic acids is 2. The van der Waals surface area contributed by atoms with Gasteiger partial charge in [-0.15, -0.1) is 0 Å². The van der Waals surface area contributed by atoms with Crippen molar-refractivity contribution in [1.29, 1.82) is 0 Å². The molecule has 35 heavy (non-hydrogen) atoms. The van der Waals surface area contributed by atoms with Crippen LogP contribution in [0.4, 0.5) is 11.4 Å². The van der Waals surface area contributed by atoms with Gasteiger partial charge in [-0.1, -0.05) is 54.6 Å². The number of rotatable bonds is 2. The second-order valence-corrected chi connectivity index (χ2v) is 9.44. The predicted molar refractivity (Wildman–Crippen MR) is 140 cm³/mol. The normalized spacial score (nSPS) is 26.2. The predicted octanol–water partition coefficient (Wildman–Crippen LogP) is 3.64. The van der Waals surface area contributed by atoms with Gasteiger partial charge in [0, 0.05) is 48.8 Å². The van der Waals surface area contributed by atoms with Crippen LogP contribution in [0.1, 0.15) is 17.5 Å². The van der Waals surface area contributed by atoms with Gasteiger partial charge in [-0.3, -0.25) is 14.6 Å². The van der Waals surface area contributed by atoms with Crippen molar-refractivity contribution in [2.24, 2.45) is 16.8 Å². The Morgan fingerprint density at radius 3 is 2.66 bits per heavy atom. The molecule has 6 nitrogen and oxygen atoms in total. The van der Waals surface area contributed by atoms with E-state index in [4.69, 9.17) is 10.7 Å². The zero-order valence-corrected chi connectivity index (χ0v) is 19.8. The van der Waals surface area contributed by atoms with Gasteiger partial charge in [-0.05, 0) is 47.9 Å². The summed E-state index contributed by atoms with van der Waals surface area (Å²) in [6.45, 7) is 0. The fourth-order valence-electron chi connectivity index (χ4n) is 5.13. The number of amides is 2. The second kappa shape index (κ2) is 9.74. The van der Waals surface area contributed by atoms with Crippen LogP contribution >= 0.6 is 0 Å². The average Bonchev–Trinajstić information content (AvgIpc) is 3.20. The van der Waals surface area contributed by atoms with Crippen molar-refractivity contribution in [3.05, 3.63) is 96.1 Å². The minimum absolute atomic E-state index is 0.0214. The van der Waals surface area contributed by atoms with Crippen LogP contribution in [-0.2, 0) is 22.4 Å². The third kappa shape index (κ3) is 4.97. The molecule has 0 aromatic heterocycles. The summed E-state index contributed by atoms with van der Waals surface area (Å²) in [7, 11) is 1.73. The Bertz CT molecular complexity index is 1240. The molecule has 5 rings (SSSR count). The van der Waals surface area contributed by atoms with E-state index in [9.17, 15) is 9.59 Å². The summed E-state index contributed by atoms with van der Waals surface area (Å²) in [5.74, 6) is -0.172. The van der Waals surface area contributed by atoms with Crippen LogP contribution in [0.3, 0.4) is 0 Å². The van der Waals surface area contributed by atoms with E-state index in [0.29, 0.717) is 12.1 Å². The largest absolute Gasteiger partial charge is 0.399 e. The molecule has 3 aliphatic rings. The van der Waals surface area contributed by atoms with Gasteiger partial charge in [0.2, 0.25) is 11.8 Å². The highest BCUT2D eigenvalue weighted by molar-refractivity contribution is 6.02. The Hall–Kier alpha value is -3.93. The molecule has 178 valence electrons. The highest BCUT2D eigenvalue weighted by Crippen LogP contribution is 2.35. The number of hydrogen-bond donors (Lipinski definition) is 2. The van der Waals surface area contributed by atoms with E-state index in [1.165, 1.54) is 0 Å². The molecule has 6 heteroatoms. The maximum atomic E-state index is 13.6. The van der Waals surface area contributed by atoms with Crippen molar-refractivity contribution in [2.75, 3.05) is 17.7 Å². The number of likely N-dealkylation sites (N-methyl/N-ethyl adjacent to an activating group) is 1. The summed E-state index contributed by atoms with van der Waals surface area (Å²) in [4.78, 5) is 33.4. The number of nitrogen functional groups attached to an aromatic ring is 1. The molecule has 2 aromatic carbocycles. The van der Waals surface area contributed by atoms with Crippen LogP contribution in [0.25, 0.3) is 0 Å². The molecule has 2 aromatic rings. The van der Waals surface area contributed by atoms with Gasteiger partial charge in [0.05, 0.1) is 6.04 Å². The maximum absolute atomic E-state index is 13.6. The van der Waals surface area contributed by atoms with Gasteiger partial charge in [-0.2, -0.15) is 0 Å². The minimum atomic E-state index is -0.687. The van der Waals surface area contributed by atoms with E-state index in [1.807, 2.05) is 36.4 Å². The number of benzene rings is 2. The van der Waals surface area contributed by atoms with Gasteiger partial charge in [0.1, 0.15) is 6.04 Å². The number of aliphatic imine (C=N–C) groups is 1. The molecule has 0 saturated heterocycles. The first-order chi connectivity index (χ1) is 17.0. The van der Waals surface area contributed by atoms with Gasteiger partial charge in [0.25, 0.3) is 0 Å². The third-order valence-electron chi connectivity index (χ3n) is 7.01. The third-order valence-corrected chi connectivity index (χ3v) is 7.01. The van der Waals surface area contributed by atoms with E-state index in [0.717, 1.165) is 28.9 Å². The van der Waals surface area contributed by atoms with Crippen LogP contribution in [0.2, 0.25) is 0 Å². The molecular formula is C29H30N4O2. The fourth-order valence-corrected chi connectivity index (χ4v) is 5.13. The smallest absolute Gasteiger partial charge is 0.249 e. The molecule has 0 radical (unpaired) electrons. The standard InChI is InChI=1S/C29H30N4O2/c1-33(22-14-12-21(30)13-15-22)29(35)27-17-20-8-4-6-19(16-20)7-5-11-26-24(18-28(34)32-27)23-9-2-3-10-25(23)31-26/h2-6,8-16,23-25,27H,7,17-18,30H2,1H3,(H,32,34)/b11-5+. The number of anilines is 2. The van der Waals surface area contributed by atoms with Crippen LogP contribution < -0.4 is 16.0 Å². The Morgan fingerprint density at radius 2 is 1.83 bits per heavy atom. The molecule has 0 spiro atoms. The summed E-state index contributed by atoms with van der Waals surface area (Å²) in [6, 6.07) is 14.7. The van der Waals surface area contributed by atoms with Crippen molar-refractivity contribution < 1.29 is 9.59 Å². The molecule has 2 amide bonds.